The van der Waals surface area contributed by atoms with Crippen LogP contribution >= 0.6 is 0 Å². The molecule has 1 aromatic rings. The summed E-state index contributed by atoms with van der Waals surface area (Å²) in [6.07, 6.45) is 1.14. The molecule has 13 heavy (non-hydrogen) atoms. The van der Waals surface area contributed by atoms with Gasteiger partial charge in [0.05, 0.1) is 0 Å². The summed E-state index contributed by atoms with van der Waals surface area (Å²) < 4.78 is 0. The molecule has 0 bridgehead atoms. The van der Waals surface area contributed by atoms with Gasteiger partial charge in [0.2, 0.25) is 0 Å². The van der Waals surface area contributed by atoms with E-state index in [9.17, 15) is 0 Å². The van der Waals surface area contributed by atoms with Crippen molar-refractivity contribution in [1.29, 1.82) is 0 Å². The Bertz CT molecular complexity index is 323. The van der Waals surface area contributed by atoms with Crippen molar-refractivity contribution in [2.75, 3.05) is 11.9 Å². The topological polar surface area (TPSA) is 38.0 Å². The lowest BCUT2D eigenvalue weighted by Gasteiger charge is -2.19. The van der Waals surface area contributed by atoms with E-state index >= 15 is 0 Å². The number of nitrogens with two attached hydrogens (primary N) is 1. The van der Waals surface area contributed by atoms with Crippen molar-refractivity contribution >= 4 is 5.69 Å². The van der Waals surface area contributed by atoms with E-state index in [0.29, 0.717) is 0 Å². The molecule has 70 valence electrons. The third kappa shape index (κ3) is 1.54. The molecular formula is C11H16N2. The molecule has 0 atom stereocenters. The highest BCUT2D eigenvalue weighted by atomic mass is 14.9. The molecule has 0 saturated carbocycles. The summed E-state index contributed by atoms with van der Waals surface area (Å²) in [5.41, 5.74) is 9.65. The maximum atomic E-state index is 6.02. The Morgan fingerprint density at radius 3 is 2.85 bits per heavy atom. The first-order valence-electron chi connectivity index (χ1n) is 4.73. The molecule has 3 N–H and O–H groups in total. The molecule has 2 nitrogen and oxygen atoms in total. The lowest BCUT2D eigenvalue weighted by Crippen LogP contribution is -2.28. The highest BCUT2D eigenvalue weighted by molar-refractivity contribution is 5.57. The molecular weight excluding hydrogens is 160 g/mol. The smallest absolute Gasteiger partial charge is 0.0376 e. The minimum absolute atomic E-state index is 0.237. The first-order valence-corrected chi connectivity index (χ1v) is 4.73. The fourth-order valence-corrected chi connectivity index (χ4v) is 1.69. The third-order valence-corrected chi connectivity index (χ3v) is 2.56. The second-order valence-electron chi connectivity index (χ2n) is 4.27. The molecule has 0 radical (unpaired) electrons. The van der Waals surface area contributed by atoms with Crippen molar-refractivity contribution in [3.8, 4) is 0 Å². The van der Waals surface area contributed by atoms with Crippen LogP contribution in [0.25, 0.3) is 0 Å². The van der Waals surface area contributed by atoms with Gasteiger partial charge < -0.3 is 11.1 Å². The molecule has 0 saturated heterocycles. The lowest BCUT2D eigenvalue weighted by molar-refractivity contribution is 0.554. The summed E-state index contributed by atoms with van der Waals surface area (Å²) in [4.78, 5) is 0. The van der Waals surface area contributed by atoms with Crippen molar-refractivity contribution in [3.63, 3.8) is 0 Å². The molecule has 0 aliphatic carbocycles. The molecule has 2 heteroatoms. The number of hydrogen-bond acceptors (Lipinski definition) is 2. The van der Waals surface area contributed by atoms with Crippen LogP contribution in [0.4, 0.5) is 5.69 Å². The van der Waals surface area contributed by atoms with Crippen LogP contribution in [0.5, 0.6) is 0 Å². The SMILES string of the molecule is CC(C)(N)c1ccc2c(c1)NCC2. The molecule has 1 aromatic carbocycles. The second-order valence-corrected chi connectivity index (χ2v) is 4.27. The van der Waals surface area contributed by atoms with Crippen molar-refractivity contribution in [2.24, 2.45) is 5.73 Å². The Morgan fingerprint density at radius 1 is 1.38 bits per heavy atom. The fraction of sp³-hybridized carbons (Fsp3) is 0.455. The van der Waals surface area contributed by atoms with E-state index in [1.54, 1.807) is 0 Å². The number of nitrogens with one attached hydrogen (secondary N) is 1. The standard InChI is InChI=1S/C11H16N2/c1-11(2,12)9-4-3-8-5-6-13-10(8)7-9/h3-4,7,13H,5-6,12H2,1-2H3. The van der Waals surface area contributed by atoms with E-state index in [2.05, 4.69) is 23.5 Å². The van der Waals surface area contributed by atoms with Crippen LogP contribution in [-0.4, -0.2) is 6.54 Å². The summed E-state index contributed by atoms with van der Waals surface area (Å²) >= 11 is 0. The summed E-state index contributed by atoms with van der Waals surface area (Å²) in [6.45, 7) is 5.12. The molecule has 1 aliphatic heterocycles. The molecule has 2 rings (SSSR count). The minimum atomic E-state index is -0.237. The molecule has 0 aromatic heterocycles. The highest BCUT2D eigenvalue weighted by Crippen LogP contribution is 2.27. The van der Waals surface area contributed by atoms with Crippen LogP contribution in [0, 0.1) is 0 Å². The van der Waals surface area contributed by atoms with Gasteiger partial charge in [0.25, 0.3) is 0 Å². The molecule has 0 unspecified atom stereocenters. The Kier molecular flexibility index (Phi) is 1.81. The van der Waals surface area contributed by atoms with Gasteiger partial charge in [-0.05, 0) is 37.5 Å². The van der Waals surface area contributed by atoms with Gasteiger partial charge in [0.1, 0.15) is 0 Å². The quantitative estimate of drug-likeness (QED) is 0.685. The first-order chi connectivity index (χ1) is 6.07. The van der Waals surface area contributed by atoms with Crippen LogP contribution in [0.2, 0.25) is 0 Å². The number of hydrogen-bond donors (Lipinski definition) is 2. The zero-order valence-corrected chi connectivity index (χ0v) is 8.22. The first kappa shape index (κ1) is 8.57. The highest BCUT2D eigenvalue weighted by Gasteiger charge is 2.17. The van der Waals surface area contributed by atoms with Gasteiger partial charge in [-0.15, -0.1) is 0 Å². The Morgan fingerprint density at radius 2 is 2.15 bits per heavy atom. The average Bonchev–Trinajstić information content (AvgIpc) is 2.47. The predicted octanol–water partition coefficient (Wildman–Crippen LogP) is 1.85. The van der Waals surface area contributed by atoms with Crippen LogP contribution < -0.4 is 11.1 Å². The number of anilines is 1. The summed E-state index contributed by atoms with van der Waals surface area (Å²) in [7, 11) is 0. The van der Waals surface area contributed by atoms with Gasteiger partial charge in [0, 0.05) is 17.8 Å². The average molecular weight is 176 g/mol. The number of rotatable bonds is 1. The van der Waals surface area contributed by atoms with Gasteiger partial charge in [-0.1, -0.05) is 12.1 Å². The molecule has 0 amide bonds. The van der Waals surface area contributed by atoms with Crippen LogP contribution in [0.15, 0.2) is 18.2 Å². The van der Waals surface area contributed by atoms with Crippen LogP contribution in [0.1, 0.15) is 25.0 Å². The fourth-order valence-electron chi connectivity index (χ4n) is 1.69. The van der Waals surface area contributed by atoms with E-state index in [1.807, 2.05) is 13.8 Å². The van der Waals surface area contributed by atoms with Crippen LogP contribution in [0.3, 0.4) is 0 Å². The van der Waals surface area contributed by atoms with E-state index in [0.717, 1.165) is 13.0 Å². The van der Waals surface area contributed by atoms with E-state index < -0.39 is 0 Å². The van der Waals surface area contributed by atoms with Gasteiger partial charge >= 0.3 is 0 Å². The van der Waals surface area contributed by atoms with Crippen molar-refractivity contribution < 1.29 is 0 Å². The molecule has 0 fully saturated rings. The van der Waals surface area contributed by atoms with Crippen molar-refractivity contribution in [2.45, 2.75) is 25.8 Å². The maximum Gasteiger partial charge on any atom is 0.0376 e. The Labute approximate surface area is 79.1 Å². The molecule has 0 spiro atoms. The molecule has 1 aliphatic rings. The summed E-state index contributed by atoms with van der Waals surface area (Å²) in [6, 6.07) is 6.48. The lowest BCUT2D eigenvalue weighted by atomic mass is 9.94. The van der Waals surface area contributed by atoms with Crippen LogP contribution in [-0.2, 0) is 12.0 Å². The van der Waals surface area contributed by atoms with Gasteiger partial charge in [-0.2, -0.15) is 0 Å². The largest absolute Gasteiger partial charge is 0.384 e. The summed E-state index contributed by atoms with van der Waals surface area (Å²) in [5, 5.41) is 3.36. The second kappa shape index (κ2) is 2.74. The minimum Gasteiger partial charge on any atom is -0.384 e. The summed E-state index contributed by atoms with van der Waals surface area (Å²) in [5.74, 6) is 0. The van der Waals surface area contributed by atoms with Gasteiger partial charge in [0.15, 0.2) is 0 Å². The van der Waals surface area contributed by atoms with Crippen molar-refractivity contribution in [3.05, 3.63) is 29.3 Å². The van der Waals surface area contributed by atoms with E-state index in [1.165, 1.54) is 16.8 Å². The zero-order chi connectivity index (χ0) is 9.47. The van der Waals surface area contributed by atoms with Gasteiger partial charge in [-0.3, -0.25) is 0 Å². The Hall–Kier alpha value is -1.02. The Balaban J connectivity index is 2.42. The third-order valence-electron chi connectivity index (χ3n) is 2.56. The predicted molar refractivity (Wildman–Crippen MR) is 55.8 cm³/mol. The normalized spacial score (nSPS) is 15.3. The zero-order valence-electron chi connectivity index (χ0n) is 8.22. The van der Waals surface area contributed by atoms with Crippen molar-refractivity contribution in [1.82, 2.24) is 0 Å². The maximum absolute atomic E-state index is 6.02. The number of benzene rings is 1. The number of fused-ring (bicyclic) bond motifs is 1. The van der Waals surface area contributed by atoms with E-state index in [-0.39, 0.29) is 5.54 Å². The van der Waals surface area contributed by atoms with Gasteiger partial charge in [-0.25, -0.2) is 0 Å². The monoisotopic (exact) mass is 176 g/mol. The molecule has 1 heterocycles. The van der Waals surface area contributed by atoms with E-state index in [4.69, 9.17) is 5.73 Å².